The second-order valence-corrected chi connectivity index (χ2v) is 4.40. The molecule has 4 nitrogen and oxygen atoms in total. The van der Waals surface area contributed by atoms with Gasteiger partial charge in [0, 0.05) is 26.4 Å². The lowest BCUT2D eigenvalue weighted by Crippen LogP contribution is -2.38. The number of nitriles is 1. The molecule has 1 unspecified atom stereocenters. The van der Waals surface area contributed by atoms with Crippen molar-refractivity contribution in [1.82, 2.24) is 4.98 Å². The molecular weight excluding hydrogens is 214 g/mol. The number of anilines is 1. The van der Waals surface area contributed by atoms with Gasteiger partial charge in [-0.3, -0.25) is 0 Å². The predicted molar refractivity (Wildman–Crippen MR) is 65.8 cm³/mol. The molecule has 1 atom stereocenters. The van der Waals surface area contributed by atoms with Crippen molar-refractivity contribution in [1.29, 1.82) is 5.26 Å². The van der Waals surface area contributed by atoms with Crippen molar-refractivity contribution in [3.05, 3.63) is 23.9 Å². The molecule has 1 fully saturated rings. The number of methoxy groups -OCH3 is 1. The molecule has 17 heavy (non-hydrogen) atoms. The SMILES string of the molecule is COCC1CCCN(c2ncccc2C#N)C1. The van der Waals surface area contributed by atoms with Crippen molar-refractivity contribution in [3.63, 3.8) is 0 Å². The zero-order valence-electron chi connectivity index (χ0n) is 10.1. The molecule has 90 valence electrons. The van der Waals surface area contributed by atoms with Gasteiger partial charge in [0.15, 0.2) is 0 Å². The van der Waals surface area contributed by atoms with Gasteiger partial charge in [-0.25, -0.2) is 4.98 Å². The summed E-state index contributed by atoms with van der Waals surface area (Å²) in [6.07, 6.45) is 4.07. The molecule has 1 aliphatic rings. The average Bonchev–Trinajstić information content (AvgIpc) is 2.39. The Morgan fingerprint density at radius 1 is 1.65 bits per heavy atom. The second kappa shape index (κ2) is 5.65. The first-order valence-electron chi connectivity index (χ1n) is 5.94. The Labute approximate surface area is 102 Å². The van der Waals surface area contributed by atoms with Crippen LogP contribution in [0.1, 0.15) is 18.4 Å². The number of hydrogen-bond donors (Lipinski definition) is 0. The summed E-state index contributed by atoms with van der Waals surface area (Å²) in [5.74, 6) is 1.36. The monoisotopic (exact) mass is 231 g/mol. The molecule has 1 aromatic heterocycles. The van der Waals surface area contributed by atoms with E-state index < -0.39 is 0 Å². The summed E-state index contributed by atoms with van der Waals surface area (Å²) in [6, 6.07) is 5.83. The van der Waals surface area contributed by atoms with Crippen LogP contribution in [0, 0.1) is 17.2 Å². The molecule has 0 saturated carbocycles. The maximum absolute atomic E-state index is 9.08. The number of ether oxygens (including phenoxy) is 1. The van der Waals surface area contributed by atoms with Crippen LogP contribution in [0.2, 0.25) is 0 Å². The van der Waals surface area contributed by atoms with Crippen molar-refractivity contribution in [2.45, 2.75) is 12.8 Å². The molecule has 1 saturated heterocycles. The second-order valence-electron chi connectivity index (χ2n) is 4.40. The van der Waals surface area contributed by atoms with E-state index in [9.17, 15) is 0 Å². The van der Waals surface area contributed by atoms with Crippen molar-refractivity contribution < 1.29 is 4.74 Å². The summed E-state index contributed by atoms with van der Waals surface area (Å²) in [7, 11) is 1.74. The number of nitrogens with zero attached hydrogens (tertiary/aromatic N) is 3. The molecule has 2 rings (SSSR count). The van der Waals surface area contributed by atoms with E-state index in [4.69, 9.17) is 10.00 Å². The Balaban J connectivity index is 2.14. The Hall–Kier alpha value is -1.60. The lowest BCUT2D eigenvalue weighted by Gasteiger charge is -2.33. The van der Waals surface area contributed by atoms with E-state index in [-0.39, 0.29) is 0 Å². The topological polar surface area (TPSA) is 49.1 Å². The highest BCUT2D eigenvalue weighted by atomic mass is 16.5. The van der Waals surface area contributed by atoms with Crippen LogP contribution in [0.15, 0.2) is 18.3 Å². The molecule has 0 bridgehead atoms. The molecule has 0 aliphatic carbocycles. The van der Waals surface area contributed by atoms with Crippen LogP contribution in [-0.4, -0.2) is 31.8 Å². The molecule has 0 radical (unpaired) electrons. The van der Waals surface area contributed by atoms with Gasteiger partial charge in [0.05, 0.1) is 12.2 Å². The van der Waals surface area contributed by atoms with Gasteiger partial charge in [-0.05, 0) is 30.9 Å². The molecular formula is C13H17N3O. The fourth-order valence-electron chi connectivity index (χ4n) is 2.37. The number of rotatable bonds is 3. The molecule has 4 heteroatoms. The van der Waals surface area contributed by atoms with Crippen LogP contribution < -0.4 is 4.90 Å². The Bertz CT molecular complexity index is 411. The van der Waals surface area contributed by atoms with E-state index in [1.165, 1.54) is 6.42 Å². The van der Waals surface area contributed by atoms with Crippen LogP contribution in [0.5, 0.6) is 0 Å². The zero-order chi connectivity index (χ0) is 12.1. The molecule has 0 aromatic carbocycles. The van der Waals surface area contributed by atoms with Crippen LogP contribution in [0.4, 0.5) is 5.82 Å². The molecule has 2 heterocycles. The van der Waals surface area contributed by atoms with E-state index in [0.29, 0.717) is 11.5 Å². The van der Waals surface area contributed by atoms with Crippen molar-refractivity contribution in [2.75, 3.05) is 31.7 Å². The fourth-order valence-corrected chi connectivity index (χ4v) is 2.37. The minimum absolute atomic E-state index is 0.544. The number of aromatic nitrogens is 1. The smallest absolute Gasteiger partial charge is 0.146 e. The van der Waals surface area contributed by atoms with E-state index >= 15 is 0 Å². The molecule has 0 N–H and O–H groups in total. The number of pyridine rings is 1. The largest absolute Gasteiger partial charge is 0.384 e. The lowest BCUT2D eigenvalue weighted by atomic mass is 9.98. The summed E-state index contributed by atoms with van der Waals surface area (Å²) in [5.41, 5.74) is 0.658. The van der Waals surface area contributed by atoms with Crippen LogP contribution >= 0.6 is 0 Å². The third-order valence-electron chi connectivity index (χ3n) is 3.13. The Morgan fingerprint density at radius 2 is 2.53 bits per heavy atom. The standard InChI is InChI=1S/C13H17N3O/c1-17-10-11-4-3-7-16(9-11)13-12(8-14)5-2-6-15-13/h2,5-6,11H,3-4,7,9-10H2,1H3. The normalized spacial score (nSPS) is 20.0. The van der Waals surface area contributed by atoms with Crippen molar-refractivity contribution >= 4 is 5.82 Å². The molecule has 1 aromatic rings. The van der Waals surface area contributed by atoms with Crippen LogP contribution in [0.25, 0.3) is 0 Å². The quantitative estimate of drug-likeness (QED) is 0.796. The summed E-state index contributed by atoms with van der Waals surface area (Å²) in [4.78, 5) is 6.53. The first kappa shape index (κ1) is 11.9. The van der Waals surface area contributed by atoms with Gasteiger partial charge in [0.1, 0.15) is 11.9 Å². The van der Waals surface area contributed by atoms with Crippen molar-refractivity contribution in [3.8, 4) is 6.07 Å². The highest BCUT2D eigenvalue weighted by Gasteiger charge is 2.22. The van der Waals surface area contributed by atoms with Gasteiger partial charge >= 0.3 is 0 Å². The Morgan fingerprint density at radius 3 is 3.29 bits per heavy atom. The van der Waals surface area contributed by atoms with Gasteiger partial charge in [0.2, 0.25) is 0 Å². The van der Waals surface area contributed by atoms with Gasteiger partial charge in [0.25, 0.3) is 0 Å². The van der Waals surface area contributed by atoms with Gasteiger partial charge in [-0.15, -0.1) is 0 Å². The maximum Gasteiger partial charge on any atom is 0.146 e. The van der Waals surface area contributed by atoms with Crippen LogP contribution in [0.3, 0.4) is 0 Å². The average molecular weight is 231 g/mol. The van der Waals surface area contributed by atoms with E-state index in [1.807, 2.05) is 6.07 Å². The highest BCUT2D eigenvalue weighted by molar-refractivity contribution is 5.53. The Kier molecular flexibility index (Phi) is 3.94. The minimum Gasteiger partial charge on any atom is -0.384 e. The molecule has 0 spiro atoms. The van der Waals surface area contributed by atoms with Gasteiger partial charge < -0.3 is 9.64 Å². The number of piperidine rings is 1. The third-order valence-corrected chi connectivity index (χ3v) is 3.13. The summed E-state index contributed by atoms with van der Waals surface area (Å²) >= 11 is 0. The van der Waals surface area contributed by atoms with Crippen molar-refractivity contribution in [2.24, 2.45) is 5.92 Å². The zero-order valence-corrected chi connectivity index (χ0v) is 10.1. The number of hydrogen-bond acceptors (Lipinski definition) is 4. The summed E-state index contributed by atoms with van der Waals surface area (Å²) < 4.78 is 5.21. The highest BCUT2D eigenvalue weighted by Crippen LogP contribution is 2.23. The predicted octanol–water partition coefficient (Wildman–Crippen LogP) is 1.82. The van der Waals surface area contributed by atoms with Crippen LogP contribution in [-0.2, 0) is 4.74 Å². The van der Waals surface area contributed by atoms with Gasteiger partial charge in [-0.1, -0.05) is 0 Å². The fraction of sp³-hybridized carbons (Fsp3) is 0.538. The van der Waals surface area contributed by atoms with Gasteiger partial charge in [-0.2, -0.15) is 5.26 Å². The summed E-state index contributed by atoms with van der Waals surface area (Å²) in [6.45, 7) is 2.69. The lowest BCUT2D eigenvalue weighted by molar-refractivity contribution is 0.143. The first-order chi connectivity index (χ1) is 8.35. The molecule has 0 amide bonds. The van der Waals surface area contributed by atoms with E-state index in [0.717, 1.165) is 31.9 Å². The minimum atomic E-state index is 0.544. The van der Waals surface area contributed by atoms with E-state index in [2.05, 4.69) is 16.0 Å². The summed E-state index contributed by atoms with van der Waals surface area (Å²) in [5, 5.41) is 9.08. The van der Waals surface area contributed by atoms with E-state index in [1.54, 1.807) is 19.4 Å². The molecule has 1 aliphatic heterocycles. The first-order valence-corrected chi connectivity index (χ1v) is 5.94. The maximum atomic E-state index is 9.08. The third kappa shape index (κ3) is 2.75.